The van der Waals surface area contributed by atoms with E-state index < -0.39 is 36.2 Å². The highest BCUT2D eigenvalue weighted by atomic mass is 33.1. The predicted molar refractivity (Wildman–Crippen MR) is 139 cm³/mol. The van der Waals surface area contributed by atoms with Crippen LogP contribution in [0.1, 0.15) is 19.3 Å². The largest absolute Gasteiger partial charge is 0.480 e. The van der Waals surface area contributed by atoms with Crippen molar-refractivity contribution in [3.63, 3.8) is 0 Å². The van der Waals surface area contributed by atoms with Gasteiger partial charge in [-0.2, -0.15) is 0 Å². The first-order chi connectivity index (χ1) is 17.0. The summed E-state index contributed by atoms with van der Waals surface area (Å²) >= 11 is 0. The molecule has 2 aromatic heterocycles. The van der Waals surface area contributed by atoms with Crippen LogP contribution in [0.15, 0.2) is 58.8 Å². The molecule has 13 heteroatoms. The molecule has 0 radical (unpaired) electrons. The molecule has 9 nitrogen and oxygen atoms in total. The van der Waals surface area contributed by atoms with Crippen molar-refractivity contribution in [2.45, 2.75) is 35.4 Å². The van der Waals surface area contributed by atoms with Crippen molar-refractivity contribution in [2.24, 2.45) is 0 Å². The number of imide groups is 1. The Morgan fingerprint density at radius 2 is 1.43 bits per heavy atom. The number of pyridine rings is 2. The number of hydrogen-bond donors (Lipinski definition) is 1. The fourth-order valence-corrected chi connectivity index (χ4v) is 6.92. The Balaban J connectivity index is 1.58. The summed E-state index contributed by atoms with van der Waals surface area (Å²) in [6.07, 6.45) is 2.93. The lowest BCUT2D eigenvalue weighted by Gasteiger charge is -2.27. The maximum Gasteiger partial charge on any atom is 0.327 e. The molecule has 0 saturated carbocycles. The first kappa shape index (κ1) is 27.4. The van der Waals surface area contributed by atoms with Gasteiger partial charge in [0.15, 0.2) is 0 Å². The highest BCUT2D eigenvalue weighted by molar-refractivity contribution is 8.77. The normalized spacial score (nSPS) is 14.2. The van der Waals surface area contributed by atoms with Crippen LogP contribution in [-0.2, 0) is 19.2 Å². The molecule has 1 aliphatic heterocycles. The van der Waals surface area contributed by atoms with Crippen molar-refractivity contribution >= 4 is 66.9 Å². The highest BCUT2D eigenvalue weighted by Gasteiger charge is 2.40. The molecular weight excluding hydrogens is 529 g/mol. The van der Waals surface area contributed by atoms with Crippen LogP contribution < -0.4 is 0 Å². The van der Waals surface area contributed by atoms with Crippen molar-refractivity contribution in [1.29, 1.82) is 0 Å². The van der Waals surface area contributed by atoms with E-state index >= 15 is 0 Å². The van der Waals surface area contributed by atoms with Gasteiger partial charge in [-0.3, -0.25) is 19.3 Å². The summed E-state index contributed by atoms with van der Waals surface area (Å²) in [4.78, 5) is 59.9. The van der Waals surface area contributed by atoms with Crippen LogP contribution in [-0.4, -0.2) is 79.2 Å². The summed E-state index contributed by atoms with van der Waals surface area (Å²) < 4.78 is 0. The average Bonchev–Trinajstić information content (AvgIpc) is 3.19. The number of carbonyl (C=O) groups is 4. The van der Waals surface area contributed by atoms with Gasteiger partial charge in [-0.15, -0.1) is 0 Å². The molecule has 186 valence electrons. The van der Waals surface area contributed by atoms with Gasteiger partial charge in [0.1, 0.15) is 16.1 Å². The zero-order chi connectivity index (χ0) is 25.0. The molecule has 35 heavy (non-hydrogen) atoms. The topological polar surface area (TPSA) is 121 Å². The first-order valence-electron chi connectivity index (χ1n) is 10.7. The summed E-state index contributed by atoms with van der Waals surface area (Å²) in [5, 5.41) is 11.3. The maximum atomic E-state index is 13.1. The summed E-state index contributed by atoms with van der Waals surface area (Å²) in [5.74, 6) is -1.66. The molecule has 2 aromatic rings. The van der Waals surface area contributed by atoms with Gasteiger partial charge < -0.3 is 10.0 Å². The number of rotatable bonds is 14. The third-order valence-electron chi connectivity index (χ3n) is 4.86. The number of carboxylic acids is 1. The van der Waals surface area contributed by atoms with E-state index in [0.717, 1.165) is 15.0 Å². The fourth-order valence-electron chi connectivity index (χ4n) is 3.18. The number of amides is 3. The van der Waals surface area contributed by atoms with Crippen molar-refractivity contribution < 1.29 is 24.3 Å². The van der Waals surface area contributed by atoms with Gasteiger partial charge in [-0.25, -0.2) is 14.8 Å². The molecule has 3 amide bonds. The summed E-state index contributed by atoms with van der Waals surface area (Å²) in [5.41, 5.74) is 0. The van der Waals surface area contributed by atoms with Gasteiger partial charge in [0.25, 0.3) is 0 Å². The second-order valence-corrected chi connectivity index (χ2v) is 12.1. The molecule has 1 aliphatic rings. The van der Waals surface area contributed by atoms with E-state index in [1.165, 1.54) is 21.6 Å². The van der Waals surface area contributed by atoms with Gasteiger partial charge in [-0.1, -0.05) is 33.7 Å². The van der Waals surface area contributed by atoms with E-state index in [4.69, 9.17) is 0 Å². The van der Waals surface area contributed by atoms with Crippen LogP contribution >= 0.6 is 43.2 Å². The average molecular weight is 553 g/mol. The smallest absolute Gasteiger partial charge is 0.327 e. The van der Waals surface area contributed by atoms with Crippen LogP contribution in [0.2, 0.25) is 0 Å². The van der Waals surface area contributed by atoms with Gasteiger partial charge in [0, 0.05) is 49.8 Å². The lowest BCUT2D eigenvalue weighted by atomic mass is 10.1. The van der Waals surface area contributed by atoms with E-state index in [1.807, 2.05) is 36.4 Å². The molecule has 1 atom stereocenters. The van der Waals surface area contributed by atoms with Crippen molar-refractivity contribution in [3.05, 3.63) is 48.8 Å². The minimum Gasteiger partial charge on any atom is -0.480 e. The van der Waals surface area contributed by atoms with Gasteiger partial charge in [-0.05, 0) is 45.9 Å². The number of aliphatic carboxylic acids is 1. The van der Waals surface area contributed by atoms with Crippen molar-refractivity contribution in [2.75, 3.05) is 24.6 Å². The third kappa shape index (κ3) is 8.74. The van der Waals surface area contributed by atoms with Gasteiger partial charge >= 0.3 is 5.97 Å². The van der Waals surface area contributed by atoms with Crippen molar-refractivity contribution in [3.8, 4) is 0 Å². The van der Waals surface area contributed by atoms with E-state index in [2.05, 4.69) is 9.97 Å². The molecule has 0 bridgehead atoms. The molecule has 3 rings (SSSR count). The Hall–Kier alpha value is -2.22. The Kier molecular flexibility index (Phi) is 11.2. The van der Waals surface area contributed by atoms with Crippen LogP contribution in [0.4, 0.5) is 0 Å². The van der Waals surface area contributed by atoms with Crippen LogP contribution in [0, 0.1) is 0 Å². The van der Waals surface area contributed by atoms with Crippen LogP contribution in [0.3, 0.4) is 0 Å². The summed E-state index contributed by atoms with van der Waals surface area (Å²) in [7, 11) is 6.08. The molecule has 1 saturated heterocycles. The fraction of sp³-hybridized carbons (Fsp3) is 0.364. The monoisotopic (exact) mass is 552 g/mol. The molecular formula is C22H24N4O5S4. The number of aromatic nitrogens is 2. The number of nitrogens with zero attached hydrogens (tertiary/aromatic N) is 4. The van der Waals surface area contributed by atoms with E-state index in [0.29, 0.717) is 24.6 Å². The zero-order valence-corrected chi connectivity index (χ0v) is 21.9. The van der Waals surface area contributed by atoms with E-state index in [9.17, 15) is 24.3 Å². The summed E-state index contributed by atoms with van der Waals surface area (Å²) in [6, 6.07) is 9.78. The summed E-state index contributed by atoms with van der Waals surface area (Å²) in [6.45, 7) is 0.790. The number of carboxylic acid groups (broad SMARTS) is 1. The number of hydrogen-bond acceptors (Lipinski definition) is 10. The molecule has 1 N–H and O–H groups in total. The van der Waals surface area contributed by atoms with Crippen molar-refractivity contribution in [1.82, 2.24) is 19.8 Å². The maximum absolute atomic E-state index is 13.1. The molecule has 1 unspecified atom stereocenters. The minimum absolute atomic E-state index is 0.0245. The highest BCUT2D eigenvalue weighted by Crippen LogP contribution is 2.30. The van der Waals surface area contributed by atoms with Gasteiger partial charge in [0.2, 0.25) is 17.7 Å². The zero-order valence-electron chi connectivity index (χ0n) is 18.6. The minimum atomic E-state index is -1.49. The Bertz CT molecular complexity index is 952. The van der Waals surface area contributed by atoms with E-state index in [-0.39, 0.29) is 12.8 Å². The number of likely N-dealkylation sites (tertiary alicyclic amines) is 1. The lowest BCUT2D eigenvalue weighted by Crippen LogP contribution is -2.48. The van der Waals surface area contributed by atoms with Crippen LogP contribution in [0.25, 0.3) is 0 Å². The quantitative estimate of drug-likeness (QED) is 0.211. The Morgan fingerprint density at radius 1 is 0.914 bits per heavy atom. The Labute approximate surface area is 219 Å². The first-order valence-corrected chi connectivity index (χ1v) is 15.4. The van der Waals surface area contributed by atoms with E-state index in [1.54, 1.807) is 38.9 Å². The number of carbonyl (C=O) groups excluding carboxylic acids is 3. The van der Waals surface area contributed by atoms with Crippen LogP contribution in [0.5, 0.6) is 0 Å². The SMILES string of the molecule is O=C(O)C(CC(=O)N(CCSSc1ccccn1)CCSSc1ccccn1)N1C(=O)CCC1=O. The predicted octanol–water partition coefficient (Wildman–Crippen LogP) is 3.48. The standard InChI is InChI=1S/C22H24N4O5S4/c27-19-7-8-20(28)26(19)16(22(30)31)15-21(29)25(11-13-32-34-17-5-1-3-9-23-17)12-14-33-35-18-6-2-4-10-24-18/h1-6,9-10,16H,7-8,11-15H2,(H,30,31). The third-order valence-corrected chi connectivity index (χ3v) is 9.35. The second kappa shape index (κ2) is 14.4. The molecule has 0 aromatic carbocycles. The van der Waals surface area contributed by atoms with Gasteiger partial charge in [0.05, 0.1) is 6.42 Å². The lowest BCUT2D eigenvalue weighted by molar-refractivity contribution is -0.156. The second-order valence-electron chi connectivity index (χ2n) is 7.24. The molecule has 3 heterocycles. The Morgan fingerprint density at radius 3 is 1.86 bits per heavy atom. The molecule has 0 aliphatic carbocycles. The molecule has 1 fully saturated rings. The molecule has 0 spiro atoms.